The van der Waals surface area contributed by atoms with Crippen molar-refractivity contribution in [2.75, 3.05) is 13.6 Å². The van der Waals surface area contributed by atoms with Crippen LogP contribution in [0.15, 0.2) is 12.7 Å². The van der Waals surface area contributed by atoms with Gasteiger partial charge in [0, 0.05) is 19.6 Å². The molecule has 90 valence electrons. The van der Waals surface area contributed by atoms with Crippen molar-refractivity contribution in [3.63, 3.8) is 0 Å². The average molecular weight is 226 g/mol. The number of aliphatic carboxylic acids is 1. The number of carbonyl (C=O) groups excluding carboxylic acids is 1. The summed E-state index contributed by atoms with van der Waals surface area (Å²) >= 11 is 0. The van der Waals surface area contributed by atoms with E-state index in [2.05, 4.69) is 11.9 Å². The molecule has 1 unspecified atom stereocenters. The lowest BCUT2D eigenvalue weighted by Crippen LogP contribution is -2.44. The van der Waals surface area contributed by atoms with Gasteiger partial charge in [-0.25, -0.2) is 4.79 Å². The molecular formula is C11H18N2O3. The van der Waals surface area contributed by atoms with Crippen LogP contribution in [0, 0.1) is 5.92 Å². The topological polar surface area (TPSA) is 69.6 Å². The summed E-state index contributed by atoms with van der Waals surface area (Å²) in [7, 11) is 1.65. The highest BCUT2D eigenvalue weighted by Crippen LogP contribution is 2.34. The quantitative estimate of drug-likeness (QED) is 0.665. The molecule has 2 amide bonds. The summed E-state index contributed by atoms with van der Waals surface area (Å²) in [6.07, 6.45) is 3.63. The van der Waals surface area contributed by atoms with Gasteiger partial charge >= 0.3 is 12.0 Å². The molecule has 5 nitrogen and oxygen atoms in total. The average Bonchev–Trinajstić information content (AvgIpc) is 2.99. The van der Waals surface area contributed by atoms with E-state index in [1.165, 1.54) is 4.90 Å². The van der Waals surface area contributed by atoms with Gasteiger partial charge in [0.2, 0.25) is 0 Å². The Morgan fingerprint density at radius 2 is 2.25 bits per heavy atom. The summed E-state index contributed by atoms with van der Waals surface area (Å²) in [6.45, 7) is 4.00. The van der Waals surface area contributed by atoms with Gasteiger partial charge in [0.25, 0.3) is 0 Å². The Morgan fingerprint density at radius 1 is 1.62 bits per heavy atom. The van der Waals surface area contributed by atoms with Gasteiger partial charge in [-0.15, -0.1) is 6.58 Å². The number of nitrogens with zero attached hydrogens (tertiary/aromatic N) is 1. The number of hydrogen-bond acceptors (Lipinski definition) is 2. The van der Waals surface area contributed by atoms with Crippen molar-refractivity contribution in [1.29, 1.82) is 0 Å². The largest absolute Gasteiger partial charge is 0.481 e. The molecule has 0 aliphatic heterocycles. The fourth-order valence-corrected chi connectivity index (χ4v) is 1.57. The van der Waals surface area contributed by atoms with Crippen LogP contribution in [0.25, 0.3) is 0 Å². The van der Waals surface area contributed by atoms with Gasteiger partial charge in [0.15, 0.2) is 0 Å². The number of carboxylic acid groups (broad SMARTS) is 1. The standard InChI is InChI=1S/C11H18N2O3/c1-3-6-13(2)11(16)12-9(7-10(14)15)8-4-5-8/h3,8-9H,1,4-7H2,2H3,(H,12,16)(H,14,15). The summed E-state index contributed by atoms with van der Waals surface area (Å²) in [6, 6.07) is -0.477. The second kappa shape index (κ2) is 5.53. The van der Waals surface area contributed by atoms with Gasteiger partial charge in [-0.1, -0.05) is 6.08 Å². The van der Waals surface area contributed by atoms with Gasteiger partial charge in [-0.3, -0.25) is 4.79 Å². The van der Waals surface area contributed by atoms with Crippen molar-refractivity contribution in [3.05, 3.63) is 12.7 Å². The number of carbonyl (C=O) groups is 2. The fraction of sp³-hybridized carbons (Fsp3) is 0.636. The Bertz CT molecular complexity index is 287. The third-order valence-electron chi connectivity index (χ3n) is 2.64. The monoisotopic (exact) mass is 226 g/mol. The minimum atomic E-state index is -0.872. The first kappa shape index (κ1) is 12.5. The van der Waals surface area contributed by atoms with Crippen LogP contribution in [-0.4, -0.2) is 41.6 Å². The summed E-state index contributed by atoms with van der Waals surface area (Å²) in [5.41, 5.74) is 0. The molecule has 2 N–H and O–H groups in total. The Labute approximate surface area is 95.1 Å². The smallest absolute Gasteiger partial charge is 0.317 e. The zero-order valence-electron chi connectivity index (χ0n) is 9.48. The van der Waals surface area contributed by atoms with Gasteiger partial charge in [-0.05, 0) is 18.8 Å². The van der Waals surface area contributed by atoms with Crippen LogP contribution in [0.4, 0.5) is 4.79 Å². The first-order valence-corrected chi connectivity index (χ1v) is 5.39. The van der Waals surface area contributed by atoms with Gasteiger partial charge in [0.1, 0.15) is 0 Å². The van der Waals surface area contributed by atoms with Crippen molar-refractivity contribution in [2.45, 2.75) is 25.3 Å². The van der Waals surface area contributed by atoms with Crippen molar-refractivity contribution >= 4 is 12.0 Å². The Morgan fingerprint density at radius 3 is 2.69 bits per heavy atom. The van der Waals surface area contributed by atoms with Gasteiger partial charge in [0.05, 0.1) is 6.42 Å². The second-order valence-electron chi connectivity index (χ2n) is 4.16. The van der Waals surface area contributed by atoms with Crippen LogP contribution in [0.3, 0.4) is 0 Å². The molecule has 16 heavy (non-hydrogen) atoms. The minimum Gasteiger partial charge on any atom is -0.481 e. The fourth-order valence-electron chi connectivity index (χ4n) is 1.57. The van der Waals surface area contributed by atoms with Crippen molar-refractivity contribution in [2.24, 2.45) is 5.92 Å². The second-order valence-corrected chi connectivity index (χ2v) is 4.16. The van der Waals surface area contributed by atoms with Crippen molar-refractivity contribution in [3.8, 4) is 0 Å². The van der Waals surface area contributed by atoms with Crippen molar-refractivity contribution < 1.29 is 14.7 Å². The summed E-state index contributed by atoms with van der Waals surface area (Å²) in [5.74, 6) is -0.541. The van der Waals surface area contributed by atoms with Gasteiger partial charge in [-0.2, -0.15) is 0 Å². The molecule has 1 rings (SSSR count). The number of nitrogens with one attached hydrogen (secondary N) is 1. The first-order chi connectivity index (χ1) is 7.54. The van der Waals surface area contributed by atoms with Gasteiger partial charge < -0.3 is 15.3 Å². The van der Waals surface area contributed by atoms with E-state index in [-0.39, 0.29) is 18.5 Å². The predicted octanol–water partition coefficient (Wildman–Crippen LogP) is 1.07. The van der Waals surface area contributed by atoms with Crippen LogP contribution in [0.2, 0.25) is 0 Å². The maximum Gasteiger partial charge on any atom is 0.317 e. The number of urea groups is 1. The van der Waals surface area contributed by atoms with E-state index in [1.54, 1.807) is 13.1 Å². The third kappa shape index (κ3) is 3.92. The zero-order valence-corrected chi connectivity index (χ0v) is 9.48. The molecule has 0 bridgehead atoms. The zero-order chi connectivity index (χ0) is 12.1. The molecule has 0 aromatic rings. The highest BCUT2D eigenvalue weighted by atomic mass is 16.4. The third-order valence-corrected chi connectivity index (χ3v) is 2.64. The summed E-state index contributed by atoms with van der Waals surface area (Å²) < 4.78 is 0. The summed E-state index contributed by atoms with van der Waals surface area (Å²) in [4.78, 5) is 23.7. The minimum absolute atomic E-state index is 0.00165. The number of likely N-dealkylation sites (N-methyl/N-ethyl adjacent to an activating group) is 1. The molecule has 0 saturated heterocycles. The number of amides is 2. The van der Waals surface area contributed by atoms with E-state index >= 15 is 0 Å². The Hall–Kier alpha value is -1.52. The van der Waals surface area contributed by atoms with E-state index in [9.17, 15) is 9.59 Å². The molecular weight excluding hydrogens is 208 g/mol. The molecule has 1 saturated carbocycles. The lowest BCUT2D eigenvalue weighted by molar-refractivity contribution is -0.137. The molecule has 0 spiro atoms. The van der Waals surface area contributed by atoms with Crippen LogP contribution in [-0.2, 0) is 4.79 Å². The van der Waals surface area contributed by atoms with E-state index in [0.717, 1.165) is 12.8 Å². The SMILES string of the molecule is C=CCN(C)C(=O)NC(CC(=O)O)C1CC1. The van der Waals surface area contributed by atoms with E-state index in [4.69, 9.17) is 5.11 Å². The number of carboxylic acids is 1. The lowest BCUT2D eigenvalue weighted by atomic mass is 10.1. The molecule has 0 heterocycles. The molecule has 1 atom stereocenters. The van der Waals surface area contributed by atoms with Crippen LogP contribution in [0.5, 0.6) is 0 Å². The van der Waals surface area contributed by atoms with E-state index in [1.807, 2.05) is 0 Å². The van der Waals surface area contributed by atoms with E-state index < -0.39 is 5.97 Å². The van der Waals surface area contributed by atoms with Crippen molar-refractivity contribution in [1.82, 2.24) is 10.2 Å². The molecule has 0 radical (unpaired) electrons. The normalized spacial score (nSPS) is 16.3. The molecule has 0 aromatic carbocycles. The van der Waals surface area contributed by atoms with Crippen LogP contribution >= 0.6 is 0 Å². The number of hydrogen-bond donors (Lipinski definition) is 2. The predicted molar refractivity (Wildman–Crippen MR) is 60.1 cm³/mol. The molecule has 5 heteroatoms. The highest BCUT2D eigenvalue weighted by Gasteiger charge is 2.34. The van der Waals surface area contributed by atoms with Crippen LogP contribution in [0.1, 0.15) is 19.3 Å². The maximum absolute atomic E-state index is 11.6. The Balaban J connectivity index is 2.44. The van der Waals surface area contributed by atoms with E-state index in [0.29, 0.717) is 12.5 Å². The Kier molecular flexibility index (Phi) is 4.34. The maximum atomic E-state index is 11.6. The highest BCUT2D eigenvalue weighted by molar-refractivity contribution is 5.76. The molecule has 0 aromatic heterocycles. The summed E-state index contributed by atoms with van der Waals surface area (Å²) in [5, 5.41) is 11.5. The van der Waals surface area contributed by atoms with Crippen LogP contribution < -0.4 is 5.32 Å². The molecule has 1 fully saturated rings. The lowest BCUT2D eigenvalue weighted by Gasteiger charge is -2.21. The molecule has 1 aliphatic carbocycles. The first-order valence-electron chi connectivity index (χ1n) is 5.39. The number of rotatable bonds is 6. The molecule has 1 aliphatic rings.